The minimum Gasteiger partial charge on any atom is -0.508 e. The molecule has 6 atom stereocenters. The van der Waals surface area contributed by atoms with Crippen LogP contribution in [0.3, 0.4) is 0 Å². The zero-order valence-electron chi connectivity index (χ0n) is 14.5. The molecule has 24 heavy (non-hydrogen) atoms. The third-order valence-corrected chi connectivity index (χ3v) is 8.16. The van der Waals surface area contributed by atoms with Crippen molar-refractivity contribution in [3.8, 4) is 5.75 Å². The van der Waals surface area contributed by atoms with Crippen LogP contribution in [0.4, 0.5) is 0 Å². The van der Waals surface area contributed by atoms with Crippen LogP contribution >= 0.6 is 0 Å². The summed E-state index contributed by atoms with van der Waals surface area (Å²) in [6.07, 6.45) is 8.40. The Morgan fingerprint density at radius 2 is 1.92 bits per heavy atom. The molecule has 1 aromatic carbocycles. The molecule has 0 aromatic heterocycles. The third kappa shape index (κ3) is 1.86. The zero-order chi connectivity index (χ0) is 16.5. The number of phenols is 1. The molecule has 0 amide bonds. The highest BCUT2D eigenvalue weighted by Gasteiger charge is 2.64. The number of hydrogen-bond donors (Lipinski definition) is 2. The van der Waals surface area contributed by atoms with E-state index in [-0.39, 0.29) is 11.0 Å². The van der Waals surface area contributed by atoms with Gasteiger partial charge in [-0.2, -0.15) is 0 Å². The minimum atomic E-state index is -0.548. The number of rotatable bonds is 0. The molecule has 3 nitrogen and oxygen atoms in total. The summed E-state index contributed by atoms with van der Waals surface area (Å²) in [5.74, 6) is 2.50. The van der Waals surface area contributed by atoms with Crippen LogP contribution in [0, 0.1) is 17.3 Å². The van der Waals surface area contributed by atoms with Gasteiger partial charge in [0, 0.05) is 6.42 Å². The Bertz CT molecular complexity index is 671. The lowest BCUT2D eigenvalue weighted by Crippen LogP contribution is -2.50. The normalized spacial score (nSPS) is 46.6. The lowest BCUT2D eigenvalue weighted by Gasteiger charge is -2.53. The predicted molar refractivity (Wildman–Crippen MR) is 91.8 cm³/mol. The molecular formula is C21H28O3. The van der Waals surface area contributed by atoms with Crippen LogP contribution in [-0.2, 0) is 11.2 Å². The SMILES string of the molecule is C[C@]12CC[C@@H]3c4ccc(O)cc4CC[C@H]3[C@@H]1CC[C@@]21CCC(O)O1. The van der Waals surface area contributed by atoms with Crippen LogP contribution in [-0.4, -0.2) is 22.1 Å². The summed E-state index contributed by atoms with van der Waals surface area (Å²) < 4.78 is 6.17. The fraction of sp³-hybridized carbons (Fsp3) is 0.714. The van der Waals surface area contributed by atoms with E-state index in [4.69, 9.17) is 4.74 Å². The van der Waals surface area contributed by atoms with E-state index in [0.29, 0.717) is 17.6 Å². The molecule has 0 bridgehead atoms. The number of benzene rings is 1. The van der Waals surface area contributed by atoms with Crippen LogP contribution in [0.2, 0.25) is 0 Å². The summed E-state index contributed by atoms with van der Waals surface area (Å²) in [7, 11) is 0. The minimum absolute atomic E-state index is 0.0721. The van der Waals surface area contributed by atoms with Crippen molar-refractivity contribution in [3.05, 3.63) is 29.3 Å². The zero-order valence-corrected chi connectivity index (χ0v) is 14.5. The predicted octanol–water partition coefficient (Wildman–Crippen LogP) is 4.12. The maximum absolute atomic E-state index is 10.0. The van der Waals surface area contributed by atoms with Gasteiger partial charge in [0.05, 0.1) is 5.60 Å². The second-order valence-electron chi connectivity index (χ2n) is 8.90. The average molecular weight is 328 g/mol. The van der Waals surface area contributed by atoms with Crippen molar-refractivity contribution in [1.29, 1.82) is 0 Å². The van der Waals surface area contributed by atoms with Crippen molar-refractivity contribution in [3.63, 3.8) is 0 Å². The first-order valence-corrected chi connectivity index (χ1v) is 9.70. The van der Waals surface area contributed by atoms with Gasteiger partial charge in [0.25, 0.3) is 0 Å². The smallest absolute Gasteiger partial charge is 0.155 e. The number of aliphatic hydroxyl groups is 1. The lowest BCUT2D eigenvalue weighted by atomic mass is 9.53. The topological polar surface area (TPSA) is 49.7 Å². The number of phenolic OH excluding ortho intramolecular Hbond substituents is 1. The molecule has 1 unspecified atom stereocenters. The van der Waals surface area contributed by atoms with Gasteiger partial charge in [0.2, 0.25) is 0 Å². The van der Waals surface area contributed by atoms with E-state index in [1.165, 1.54) is 36.8 Å². The van der Waals surface area contributed by atoms with Gasteiger partial charge in [-0.3, -0.25) is 0 Å². The van der Waals surface area contributed by atoms with E-state index in [1.54, 1.807) is 0 Å². The number of fused-ring (bicyclic) bond motifs is 6. The number of ether oxygens (including phenoxy) is 1. The van der Waals surface area contributed by atoms with Gasteiger partial charge in [-0.05, 0) is 91.4 Å². The summed E-state index contributed by atoms with van der Waals surface area (Å²) in [5.41, 5.74) is 3.00. The Morgan fingerprint density at radius 3 is 2.71 bits per heavy atom. The molecule has 2 N–H and O–H groups in total. The standard InChI is InChI=1S/C21H28O3/c1-20-9-6-16-15-5-3-14(22)12-13(15)2-4-17(16)18(20)7-10-21(20)11-8-19(23)24-21/h3,5,12,16-19,22-23H,2,4,6-11H2,1H3/t16-,17-,18+,19?,20+,21-/m1/s1. The van der Waals surface area contributed by atoms with Gasteiger partial charge in [0.15, 0.2) is 6.29 Å². The maximum atomic E-state index is 10.0. The molecule has 1 spiro atoms. The van der Waals surface area contributed by atoms with Crippen LogP contribution in [0.1, 0.15) is 68.9 Å². The monoisotopic (exact) mass is 328 g/mol. The van der Waals surface area contributed by atoms with Gasteiger partial charge < -0.3 is 14.9 Å². The van der Waals surface area contributed by atoms with Crippen LogP contribution in [0.5, 0.6) is 5.75 Å². The molecule has 4 aliphatic rings. The second kappa shape index (κ2) is 4.98. The van der Waals surface area contributed by atoms with E-state index in [1.807, 2.05) is 12.1 Å². The summed E-state index contributed by atoms with van der Waals surface area (Å²) >= 11 is 0. The van der Waals surface area contributed by atoms with Crippen LogP contribution < -0.4 is 0 Å². The molecule has 3 fully saturated rings. The molecule has 1 aliphatic heterocycles. The average Bonchev–Trinajstić information content (AvgIpc) is 3.08. The maximum Gasteiger partial charge on any atom is 0.155 e. The quantitative estimate of drug-likeness (QED) is 0.753. The first kappa shape index (κ1) is 15.2. The van der Waals surface area contributed by atoms with Crippen LogP contribution in [0.15, 0.2) is 18.2 Å². The summed E-state index contributed by atoms with van der Waals surface area (Å²) in [6.45, 7) is 2.45. The molecular weight excluding hydrogens is 300 g/mol. The second-order valence-corrected chi connectivity index (χ2v) is 8.90. The van der Waals surface area contributed by atoms with E-state index in [0.717, 1.165) is 31.6 Å². The summed E-state index contributed by atoms with van der Waals surface area (Å²) in [4.78, 5) is 0. The number of hydrogen-bond acceptors (Lipinski definition) is 3. The van der Waals surface area contributed by atoms with Crippen molar-refractivity contribution in [1.82, 2.24) is 0 Å². The molecule has 1 aromatic rings. The van der Waals surface area contributed by atoms with E-state index in [9.17, 15) is 10.2 Å². The Morgan fingerprint density at radius 1 is 1.08 bits per heavy atom. The van der Waals surface area contributed by atoms with E-state index in [2.05, 4.69) is 13.0 Å². The fourth-order valence-electron chi connectivity index (χ4n) is 7.00. The molecule has 1 heterocycles. The van der Waals surface area contributed by atoms with Crippen molar-refractivity contribution in [2.45, 2.75) is 76.1 Å². The van der Waals surface area contributed by atoms with E-state index < -0.39 is 6.29 Å². The molecule has 3 heteroatoms. The molecule has 1 saturated heterocycles. The van der Waals surface area contributed by atoms with E-state index >= 15 is 0 Å². The molecule has 130 valence electrons. The summed E-state index contributed by atoms with van der Waals surface area (Å²) in [6, 6.07) is 6.01. The first-order chi connectivity index (χ1) is 11.5. The fourth-order valence-corrected chi connectivity index (χ4v) is 7.00. The molecule has 0 radical (unpaired) electrons. The third-order valence-electron chi connectivity index (χ3n) is 8.16. The van der Waals surface area contributed by atoms with Gasteiger partial charge >= 0.3 is 0 Å². The highest BCUT2D eigenvalue weighted by molar-refractivity contribution is 5.40. The van der Waals surface area contributed by atoms with Crippen molar-refractivity contribution in [2.24, 2.45) is 17.3 Å². The molecule has 2 saturated carbocycles. The van der Waals surface area contributed by atoms with Gasteiger partial charge in [-0.25, -0.2) is 0 Å². The highest BCUT2D eigenvalue weighted by Crippen LogP contribution is 2.67. The molecule has 3 aliphatic carbocycles. The lowest BCUT2D eigenvalue weighted by molar-refractivity contribution is -0.189. The van der Waals surface area contributed by atoms with Gasteiger partial charge in [0.1, 0.15) is 5.75 Å². The van der Waals surface area contributed by atoms with Crippen molar-refractivity contribution >= 4 is 0 Å². The Labute approximate surface area is 144 Å². The van der Waals surface area contributed by atoms with Gasteiger partial charge in [-0.1, -0.05) is 13.0 Å². The summed E-state index contributed by atoms with van der Waals surface area (Å²) in [5, 5.41) is 19.8. The van der Waals surface area contributed by atoms with Gasteiger partial charge in [-0.15, -0.1) is 0 Å². The Kier molecular flexibility index (Phi) is 3.16. The number of aromatic hydroxyl groups is 1. The number of aliphatic hydroxyl groups excluding tert-OH is 1. The Hall–Kier alpha value is -1.06. The van der Waals surface area contributed by atoms with Crippen LogP contribution in [0.25, 0.3) is 0 Å². The molecule has 5 rings (SSSR count). The van der Waals surface area contributed by atoms with Crippen molar-refractivity contribution in [2.75, 3.05) is 0 Å². The largest absolute Gasteiger partial charge is 0.508 e. The first-order valence-electron chi connectivity index (χ1n) is 9.70. The number of aryl methyl sites for hydroxylation is 1. The van der Waals surface area contributed by atoms with Crippen molar-refractivity contribution < 1.29 is 14.9 Å². The highest BCUT2D eigenvalue weighted by atomic mass is 16.6. The Balaban J connectivity index is 1.50.